The second kappa shape index (κ2) is 10.1. The summed E-state index contributed by atoms with van der Waals surface area (Å²) < 4.78 is 5.33. The van der Waals surface area contributed by atoms with E-state index in [1.54, 1.807) is 17.0 Å². The molecule has 7 nitrogen and oxygen atoms in total. The number of hydrogen-bond donors (Lipinski definition) is 1. The molecule has 2 amide bonds. The minimum atomic E-state index is -0.553. The number of carbonyl (C=O) groups is 2. The predicted octanol–water partition coefficient (Wildman–Crippen LogP) is 2.79. The van der Waals surface area contributed by atoms with E-state index >= 15 is 0 Å². The molecule has 176 valence electrons. The fourth-order valence-electron chi connectivity index (χ4n) is 4.84. The number of anilines is 1. The van der Waals surface area contributed by atoms with Crippen molar-refractivity contribution in [3.05, 3.63) is 89.9 Å². The third-order valence-corrected chi connectivity index (χ3v) is 6.76. The predicted molar refractivity (Wildman–Crippen MR) is 131 cm³/mol. The van der Waals surface area contributed by atoms with Crippen molar-refractivity contribution >= 4 is 17.5 Å². The monoisotopic (exact) mass is 458 g/mol. The number of carbonyl (C=O) groups excluding carboxylic acids is 2. The van der Waals surface area contributed by atoms with Gasteiger partial charge in [0.25, 0.3) is 5.91 Å². The van der Waals surface area contributed by atoms with Crippen LogP contribution in [0.5, 0.6) is 0 Å². The molecule has 1 unspecified atom stereocenters. The van der Waals surface area contributed by atoms with Crippen LogP contribution in [0.25, 0.3) is 0 Å². The van der Waals surface area contributed by atoms with Gasteiger partial charge in [-0.05, 0) is 35.4 Å². The molecule has 2 aliphatic heterocycles. The van der Waals surface area contributed by atoms with E-state index in [0.717, 1.165) is 43.9 Å². The van der Waals surface area contributed by atoms with Gasteiger partial charge in [0.1, 0.15) is 6.04 Å². The smallest absolute Gasteiger partial charge is 0.290 e. The van der Waals surface area contributed by atoms with E-state index in [1.165, 1.54) is 12.0 Å². The lowest BCUT2D eigenvalue weighted by Crippen LogP contribution is -2.54. The largest absolute Gasteiger partial charge is 0.459 e. The molecule has 1 N–H and O–H groups in total. The Hall–Kier alpha value is -3.58. The van der Waals surface area contributed by atoms with Crippen molar-refractivity contribution in [3.63, 3.8) is 0 Å². The molecule has 5 rings (SSSR count). The van der Waals surface area contributed by atoms with Gasteiger partial charge in [-0.25, -0.2) is 0 Å². The van der Waals surface area contributed by atoms with Crippen LogP contribution in [0.1, 0.15) is 21.7 Å². The molecule has 0 bridgehead atoms. The van der Waals surface area contributed by atoms with Crippen LogP contribution >= 0.6 is 0 Å². The van der Waals surface area contributed by atoms with Gasteiger partial charge in [-0.2, -0.15) is 0 Å². The minimum Gasteiger partial charge on any atom is -0.459 e. The van der Waals surface area contributed by atoms with Crippen molar-refractivity contribution in [2.45, 2.75) is 19.0 Å². The summed E-state index contributed by atoms with van der Waals surface area (Å²) in [5, 5.41) is 3.08. The molecule has 1 fully saturated rings. The maximum atomic E-state index is 13.2. The Bertz CT molecular complexity index is 1110. The van der Waals surface area contributed by atoms with Gasteiger partial charge in [0.05, 0.1) is 6.26 Å². The number of para-hydroxylation sites is 1. The Labute approximate surface area is 199 Å². The van der Waals surface area contributed by atoms with Gasteiger partial charge in [-0.1, -0.05) is 42.5 Å². The SMILES string of the molecule is O=C(NCCN1CCN(c2ccccc2)CC1)C1Cc2ccccc2CN1C(=O)c1ccco1. The van der Waals surface area contributed by atoms with Gasteiger partial charge in [0, 0.05) is 57.9 Å². The number of rotatable bonds is 6. The van der Waals surface area contributed by atoms with Crippen LogP contribution < -0.4 is 10.2 Å². The van der Waals surface area contributed by atoms with Crippen molar-refractivity contribution in [1.29, 1.82) is 0 Å². The highest BCUT2D eigenvalue weighted by atomic mass is 16.3. The normalized spacial score (nSPS) is 18.4. The van der Waals surface area contributed by atoms with E-state index in [2.05, 4.69) is 39.4 Å². The van der Waals surface area contributed by atoms with E-state index in [0.29, 0.717) is 19.5 Å². The second-order valence-electron chi connectivity index (χ2n) is 8.85. The topological polar surface area (TPSA) is 69.0 Å². The van der Waals surface area contributed by atoms with E-state index < -0.39 is 6.04 Å². The van der Waals surface area contributed by atoms with Crippen LogP contribution in [0.15, 0.2) is 77.4 Å². The fourth-order valence-corrected chi connectivity index (χ4v) is 4.84. The molecule has 2 aliphatic rings. The van der Waals surface area contributed by atoms with Gasteiger partial charge in [-0.3, -0.25) is 14.5 Å². The maximum Gasteiger partial charge on any atom is 0.290 e. The third-order valence-electron chi connectivity index (χ3n) is 6.76. The van der Waals surface area contributed by atoms with Crippen LogP contribution in [0, 0.1) is 0 Å². The number of furan rings is 1. The van der Waals surface area contributed by atoms with Crippen molar-refractivity contribution in [2.24, 2.45) is 0 Å². The molecule has 34 heavy (non-hydrogen) atoms. The molecule has 1 saturated heterocycles. The average molecular weight is 459 g/mol. The first kappa shape index (κ1) is 22.2. The summed E-state index contributed by atoms with van der Waals surface area (Å²) in [6.45, 7) is 5.63. The van der Waals surface area contributed by atoms with Crippen molar-refractivity contribution in [1.82, 2.24) is 15.1 Å². The Morgan fingerprint density at radius 3 is 2.35 bits per heavy atom. The first-order valence-electron chi connectivity index (χ1n) is 11.9. The Balaban J connectivity index is 1.17. The first-order chi connectivity index (χ1) is 16.7. The van der Waals surface area contributed by atoms with Crippen LogP contribution in [0.4, 0.5) is 5.69 Å². The molecule has 1 atom stereocenters. The highest BCUT2D eigenvalue weighted by Gasteiger charge is 2.35. The highest BCUT2D eigenvalue weighted by Crippen LogP contribution is 2.25. The molecular weight excluding hydrogens is 428 g/mol. The Kier molecular flexibility index (Phi) is 6.62. The lowest BCUT2D eigenvalue weighted by molar-refractivity contribution is -0.126. The van der Waals surface area contributed by atoms with Gasteiger partial charge in [0.2, 0.25) is 5.91 Å². The lowest BCUT2D eigenvalue weighted by Gasteiger charge is -2.37. The van der Waals surface area contributed by atoms with E-state index in [9.17, 15) is 9.59 Å². The van der Waals surface area contributed by atoms with Gasteiger partial charge < -0.3 is 19.5 Å². The number of nitrogens with one attached hydrogen (secondary N) is 1. The fraction of sp³-hybridized carbons (Fsp3) is 0.333. The number of benzene rings is 2. The molecule has 1 aromatic heterocycles. The zero-order valence-corrected chi connectivity index (χ0v) is 19.2. The van der Waals surface area contributed by atoms with Crippen molar-refractivity contribution in [3.8, 4) is 0 Å². The zero-order valence-electron chi connectivity index (χ0n) is 19.2. The zero-order chi connectivity index (χ0) is 23.3. The molecule has 0 radical (unpaired) electrons. The Morgan fingerprint density at radius 2 is 1.62 bits per heavy atom. The summed E-state index contributed by atoms with van der Waals surface area (Å²) in [6, 6.07) is 21.3. The van der Waals surface area contributed by atoms with Crippen LogP contribution in [0.2, 0.25) is 0 Å². The lowest BCUT2D eigenvalue weighted by atomic mass is 9.93. The average Bonchev–Trinajstić information content (AvgIpc) is 3.43. The van der Waals surface area contributed by atoms with E-state index in [4.69, 9.17) is 4.42 Å². The standard InChI is InChI=1S/C27H30N4O3/c32-26(28-12-13-29-14-16-30(17-15-29)23-9-2-1-3-10-23)24-19-21-7-4-5-8-22(21)20-31(24)27(33)25-11-6-18-34-25/h1-11,18,24H,12-17,19-20H2,(H,28,32). The van der Waals surface area contributed by atoms with Gasteiger partial charge >= 0.3 is 0 Å². The quantitative estimate of drug-likeness (QED) is 0.615. The maximum absolute atomic E-state index is 13.2. The molecular formula is C27H30N4O3. The molecule has 7 heteroatoms. The second-order valence-corrected chi connectivity index (χ2v) is 8.85. The van der Waals surface area contributed by atoms with Crippen LogP contribution in [0.3, 0.4) is 0 Å². The van der Waals surface area contributed by atoms with Gasteiger partial charge in [0.15, 0.2) is 5.76 Å². The summed E-state index contributed by atoms with van der Waals surface area (Å²) in [4.78, 5) is 32.7. The molecule has 3 aromatic rings. The number of piperazine rings is 1. The molecule has 0 saturated carbocycles. The summed E-state index contributed by atoms with van der Waals surface area (Å²) in [7, 11) is 0. The van der Waals surface area contributed by atoms with Gasteiger partial charge in [-0.15, -0.1) is 0 Å². The molecule has 0 spiro atoms. The van der Waals surface area contributed by atoms with Crippen LogP contribution in [-0.2, 0) is 17.8 Å². The number of fused-ring (bicyclic) bond motifs is 1. The number of amides is 2. The van der Waals surface area contributed by atoms with E-state index in [-0.39, 0.29) is 17.6 Å². The van der Waals surface area contributed by atoms with Crippen molar-refractivity contribution < 1.29 is 14.0 Å². The minimum absolute atomic E-state index is 0.114. The number of nitrogens with zero attached hydrogens (tertiary/aromatic N) is 3. The van der Waals surface area contributed by atoms with E-state index in [1.807, 2.05) is 30.3 Å². The molecule has 2 aromatic carbocycles. The summed E-state index contributed by atoms with van der Waals surface area (Å²) in [5.74, 6) is -0.109. The summed E-state index contributed by atoms with van der Waals surface area (Å²) in [6.07, 6.45) is 1.99. The van der Waals surface area contributed by atoms with Crippen molar-refractivity contribution in [2.75, 3.05) is 44.2 Å². The molecule has 0 aliphatic carbocycles. The highest BCUT2D eigenvalue weighted by molar-refractivity contribution is 5.96. The number of hydrogen-bond acceptors (Lipinski definition) is 5. The Morgan fingerprint density at radius 1 is 0.882 bits per heavy atom. The first-order valence-corrected chi connectivity index (χ1v) is 11.9. The summed E-state index contributed by atoms with van der Waals surface area (Å²) in [5.41, 5.74) is 3.44. The summed E-state index contributed by atoms with van der Waals surface area (Å²) >= 11 is 0. The molecule has 3 heterocycles. The third kappa shape index (κ3) is 4.84. The van der Waals surface area contributed by atoms with Crippen LogP contribution in [-0.4, -0.2) is 66.9 Å².